The number of likely N-dealkylation sites (N-methyl/N-ethyl adjacent to an activating group) is 1. The zero-order valence-electron chi connectivity index (χ0n) is 10.9. The van der Waals surface area contributed by atoms with Crippen LogP contribution in [0, 0.1) is 13.8 Å². The van der Waals surface area contributed by atoms with Crippen LogP contribution in [0.2, 0.25) is 0 Å². The van der Waals surface area contributed by atoms with E-state index in [0.717, 1.165) is 49.1 Å². The van der Waals surface area contributed by atoms with E-state index in [1.807, 2.05) is 13.8 Å². The molecule has 2 rings (SSSR count). The van der Waals surface area contributed by atoms with Gasteiger partial charge >= 0.3 is 0 Å². The molecule has 1 fully saturated rings. The first-order chi connectivity index (χ1) is 8.11. The summed E-state index contributed by atoms with van der Waals surface area (Å²) in [5, 5.41) is 0. The second kappa shape index (κ2) is 4.98. The average molecular weight is 235 g/mol. The van der Waals surface area contributed by atoms with Crippen LogP contribution in [0.4, 0.5) is 5.95 Å². The van der Waals surface area contributed by atoms with Crippen LogP contribution in [0.3, 0.4) is 0 Å². The Balaban J connectivity index is 2.22. The number of rotatable bonds is 2. The van der Waals surface area contributed by atoms with E-state index < -0.39 is 0 Å². The summed E-state index contributed by atoms with van der Waals surface area (Å²) in [5.74, 6) is 0.852. The first kappa shape index (κ1) is 12.3. The molecule has 0 bridgehead atoms. The van der Waals surface area contributed by atoms with Crippen LogP contribution in [0.1, 0.15) is 17.0 Å². The number of nitrogens with two attached hydrogens (primary N) is 1. The maximum atomic E-state index is 5.70. The third kappa shape index (κ3) is 2.56. The molecule has 5 nitrogen and oxygen atoms in total. The largest absolute Gasteiger partial charge is 0.338 e. The summed E-state index contributed by atoms with van der Waals surface area (Å²) >= 11 is 0. The van der Waals surface area contributed by atoms with Crippen LogP contribution in [0.5, 0.6) is 0 Å². The Kier molecular flexibility index (Phi) is 3.59. The van der Waals surface area contributed by atoms with Crippen molar-refractivity contribution in [3.8, 4) is 0 Å². The molecule has 0 unspecified atom stereocenters. The predicted octanol–water partition coefficient (Wildman–Crippen LogP) is 0.304. The van der Waals surface area contributed by atoms with E-state index >= 15 is 0 Å². The number of anilines is 1. The van der Waals surface area contributed by atoms with Crippen molar-refractivity contribution in [3.63, 3.8) is 0 Å². The normalized spacial score (nSPS) is 17.5. The fourth-order valence-corrected chi connectivity index (χ4v) is 2.17. The molecular weight excluding hydrogens is 214 g/mol. The molecular formula is C12H21N5. The monoisotopic (exact) mass is 235 g/mol. The van der Waals surface area contributed by atoms with Gasteiger partial charge in [-0.2, -0.15) is 0 Å². The van der Waals surface area contributed by atoms with E-state index in [0.29, 0.717) is 6.54 Å². The number of hydrogen-bond acceptors (Lipinski definition) is 5. The molecule has 1 aliphatic heterocycles. The molecule has 1 aliphatic rings. The lowest BCUT2D eigenvalue weighted by Crippen LogP contribution is -2.45. The lowest BCUT2D eigenvalue weighted by atomic mass is 10.2. The molecule has 0 aromatic carbocycles. The quantitative estimate of drug-likeness (QED) is 0.799. The van der Waals surface area contributed by atoms with Crippen molar-refractivity contribution in [2.45, 2.75) is 20.4 Å². The van der Waals surface area contributed by atoms with E-state index in [1.165, 1.54) is 0 Å². The highest BCUT2D eigenvalue weighted by atomic mass is 15.3. The van der Waals surface area contributed by atoms with Crippen molar-refractivity contribution in [2.24, 2.45) is 5.73 Å². The topological polar surface area (TPSA) is 58.3 Å². The molecule has 1 aromatic rings. The fraction of sp³-hybridized carbons (Fsp3) is 0.667. The van der Waals surface area contributed by atoms with Gasteiger partial charge in [0.15, 0.2) is 0 Å². The number of hydrogen-bond donors (Lipinski definition) is 1. The SMILES string of the molecule is Cc1nc(N2CCN(C)CC2)nc(C)c1CN. The summed E-state index contributed by atoms with van der Waals surface area (Å²) in [4.78, 5) is 13.7. The molecule has 1 aromatic heterocycles. The Morgan fingerprint density at radius 1 is 1.06 bits per heavy atom. The summed E-state index contributed by atoms with van der Waals surface area (Å²) in [7, 11) is 2.15. The zero-order valence-corrected chi connectivity index (χ0v) is 10.9. The Labute approximate surface area is 103 Å². The summed E-state index contributed by atoms with van der Waals surface area (Å²) in [6.07, 6.45) is 0. The van der Waals surface area contributed by atoms with Gasteiger partial charge in [0.05, 0.1) is 0 Å². The van der Waals surface area contributed by atoms with Gasteiger partial charge in [-0.1, -0.05) is 0 Å². The molecule has 0 atom stereocenters. The molecule has 0 radical (unpaired) electrons. The van der Waals surface area contributed by atoms with Crippen molar-refractivity contribution in [1.82, 2.24) is 14.9 Å². The highest BCUT2D eigenvalue weighted by molar-refractivity contribution is 5.37. The third-order valence-corrected chi connectivity index (χ3v) is 3.40. The van der Waals surface area contributed by atoms with Gasteiger partial charge in [-0.25, -0.2) is 9.97 Å². The lowest BCUT2D eigenvalue weighted by Gasteiger charge is -2.32. The molecule has 0 amide bonds. The van der Waals surface area contributed by atoms with E-state index in [-0.39, 0.29) is 0 Å². The number of piperazine rings is 1. The van der Waals surface area contributed by atoms with Gasteiger partial charge in [-0.3, -0.25) is 0 Å². The van der Waals surface area contributed by atoms with E-state index in [9.17, 15) is 0 Å². The van der Waals surface area contributed by atoms with Gasteiger partial charge in [0.2, 0.25) is 5.95 Å². The second-order valence-electron chi connectivity index (χ2n) is 4.67. The van der Waals surface area contributed by atoms with Crippen LogP contribution < -0.4 is 10.6 Å². The second-order valence-corrected chi connectivity index (χ2v) is 4.67. The number of aryl methyl sites for hydroxylation is 2. The van der Waals surface area contributed by atoms with Crippen LogP contribution in [-0.2, 0) is 6.54 Å². The Bertz CT molecular complexity index is 373. The Morgan fingerprint density at radius 3 is 2.06 bits per heavy atom. The molecule has 0 saturated carbocycles. The van der Waals surface area contributed by atoms with Crippen molar-refractivity contribution in [2.75, 3.05) is 38.1 Å². The molecule has 17 heavy (non-hydrogen) atoms. The highest BCUT2D eigenvalue weighted by Gasteiger charge is 2.18. The minimum Gasteiger partial charge on any atom is -0.338 e. The van der Waals surface area contributed by atoms with Gasteiger partial charge in [0, 0.05) is 49.7 Å². The van der Waals surface area contributed by atoms with Crippen LogP contribution in [0.15, 0.2) is 0 Å². The van der Waals surface area contributed by atoms with Gasteiger partial charge < -0.3 is 15.5 Å². The summed E-state index contributed by atoms with van der Waals surface area (Å²) in [6, 6.07) is 0. The molecule has 0 aliphatic carbocycles. The van der Waals surface area contributed by atoms with E-state index in [4.69, 9.17) is 5.73 Å². The average Bonchev–Trinajstić information content (AvgIpc) is 2.29. The zero-order chi connectivity index (χ0) is 12.4. The van der Waals surface area contributed by atoms with Crippen molar-refractivity contribution >= 4 is 5.95 Å². The summed E-state index contributed by atoms with van der Waals surface area (Å²) in [5.41, 5.74) is 8.79. The maximum Gasteiger partial charge on any atom is 0.225 e. The van der Waals surface area contributed by atoms with Gasteiger partial charge in [-0.15, -0.1) is 0 Å². The third-order valence-electron chi connectivity index (χ3n) is 3.40. The van der Waals surface area contributed by atoms with Gasteiger partial charge in [0.1, 0.15) is 0 Å². The standard InChI is InChI=1S/C12H21N5/c1-9-11(8-13)10(2)15-12(14-9)17-6-4-16(3)5-7-17/h4-8,13H2,1-3H3. The van der Waals surface area contributed by atoms with Gasteiger partial charge in [-0.05, 0) is 20.9 Å². The van der Waals surface area contributed by atoms with E-state index in [1.54, 1.807) is 0 Å². The minimum atomic E-state index is 0.515. The minimum absolute atomic E-state index is 0.515. The smallest absolute Gasteiger partial charge is 0.225 e. The first-order valence-corrected chi connectivity index (χ1v) is 6.09. The lowest BCUT2D eigenvalue weighted by molar-refractivity contribution is 0.311. The van der Waals surface area contributed by atoms with Crippen molar-refractivity contribution in [3.05, 3.63) is 17.0 Å². The molecule has 0 spiro atoms. The van der Waals surface area contributed by atoms with Crippen LogP contribution in [-0.4, -0.2) is 48.1 Å². The number of aromatic nitrogens is 2. The van der Waals surface area contributed by atoms with E-state index in [2.05, 4.69) is 26.8 Å². The molecule has 2 heterocycles. The highest BCUT2D eigenvalue weighted by Crippen LogP contribution is 2.16. The Morgan fingerprint density at radius 2 is 1.59 bits per heavy atom. The number of nitrogens with zero attached hydrogens (tertiary/aromatic N) is 4. The fourth-order valence-electron chi connectivity index (χ4n) is 2.17. The molecule has 94 valence electrons. The summed E-state index contributed by atoms with van der Waals surface area (Å²) in [6.45, 7) is 8.67. The molecule has 2 N–H and O–H groups in total. The maximum absolute atomic E-state index is 5.70. The predicted molar refractivity (Wildman–Crippen MR) is 69.1 cm³/mol. The Hall–Kier alpha value is -1.20. The first-order valence-electron chi connectivity index (χ1n) is 6.09. The van der Waals surface area contributed by atoms with Crippen LogP contribution in [0.25, 0.3) is 0 Å². The summed E-state index contributed by atoms with van der Waals surface area (Å²) < 4.78 is 0. The van der Waals surface area contributed by atoms with Gasteiger partial charge in [0.25, 0.3) is 0 Å². The molecule has 1 saturated heterocycles. The van der Waals surface area contributed by atoms with Crippen molar-refractivity contribution in [1.29, 1.82) is 0 Å². The molecule has 5 heteroatoms. The van der Waals surface area contributed by atoms with Crippen molar-refractivity contribution < 1.29 is 0 Å². The van der Waals surface area contributed by atoms with Crippen LogP contribution >= 0.6 is 0 Å².